The maximum Gasteiger partial charge on any atom is 0.330 e. The highest BCUT2D eigenvalue weighted by atomic mass is 35.5. The molecule has 1 saturated heterocycles. The molecule has 1 aromatic heterocycles. The third-order valence-corrected chi connectivity index (χ3v) is 4.36. The summed E-state index contributed by atoms with van der Waals surface area (Å²) >= 11 is 10.4. The number of H-pyrrole nitrogens is 1. The molecule has 0 unspecified atom stereocenters. The number of carbonyl (C=O) groups is 4. The molecule has 0 bridgehead atoms. The molecule has 0 spiro atoms. The fourth-order valence-corrected chi connectivity index (χ4v) is 3.03. The Bertz CT molecular complexity index is 859. The minimum absolute atomic E-state index is 0.554. The van der Waals surface area contributed by atoms with Gasteiger partial charge in [-0.15, -0.1) is 0 Å². The van der Waals surface area contributed by atoms with E-state index in [2.05, 4.69) is 0 Å². The molecule has 9 nitrogen and oxygen atoms in total. The quantitative estimate of drug-likeness (QED) is 0.522. The molecule has 0 radical (unpaired) electrons. The summed E-state index contributed by atoms with van der Waals surface area (Å²) in [5.74, 6) is -3.92. The van der Waals surface area contributed by atoms with Crippen LogP contribution in [-0.4, -0.2) is 37.7 Å². The number of nitrogens with one attached hydrogen (secondary N) is 1. The summed E-state index contributed by atoms with van der Waals surface area (Å²) in [7, 11) is 0. The first-order chi connectivity index (χ1) is 11.6. The van der Waals surface area contributed by atoms with Crippen molar-refractivity contribution in [2.24, 2.45) is 11.8 Å². The van der Waals surface area contributed by atoms with Crippen LogP contribution in [0.15, 0.2) is 21.9 Å². The minimum Gasteiger partial charge on any atom is -0.353 e. The monoisotopic (exact) mass is 390 g/mol. The van der Waals surface area contributed by atoms with E-state index >= 15 is 0 Å². The number of Topliss-reactive ketones (excluding diaryl/α,β-unsaturated/α-hetero) is 2. The number of hydrogen-bond donors (Lipinski definition) is 1. The lowest BCUT2D eigenvalue weighted by Gasteiger charge is -2.18. The van der Waals surface area contributed by atoms with Crippen molar-refractivity contribution in [2.75, 3.05) is 0 Å². The summed E-state index contributed by atoms with van der Waals surface area (Å²) in [6.07, 6.45) is -1.63. The average molecular weight is 391 g/mol. The minimum atomic E-state index is -1.26. The van der Waals surface area contributed by atoms with Gasteiger partial charge in [-0.1, -0.05) is 6.92 Å². The van der Waals surface area contributed by atoms with Gasteiger partial charge in [-0.3, -0.25) is 33.5 Å². The molecule has 2 rings (SSSR count). The Labute approximate surface area is 149 Å². The molecular formula is C14H12Cl2N2O7. The van der Waals surface area contributed by atoms with Crippen LogP contribution in [-0.2, 0) is 23.9 Å². The number of aromatic amines is 1. The first-order valence-electron chi connectivity index (χ1n) is 7.06. The SMILES string of the molecule is C[C@H]1[C@H](C(=O)C(=O)Cl)[C@@H](CC(=O)C(=O)Cl)O[C@H]1n1ccc(=O)[nH]c1=O. The highest BCUT2D eigenvalue weighted by molar-refractivity contribution is 6.82. The van der Waals surface area contributed by atoms with Crippen LogP contribution in [0.5, 0.6) is 0 Å². The van der Waals surface area contributed by atoms with Crippen LogP contribution in [0.4, 0.5) is 0 Å². The lowest BCUT2D eigenvalue weighted by atomic mass is 9.85. The van der Waals surface area contributed by atoms with E-state index in [0.29, 0.717) is 0 Å². The summed E-state index contributed by atoms with van der Waals surface area (Å²) < 4.78 is 6.57. The van der Waals surface area contributed by atoms with Crippen molar-refractivity contribution in [3.05, 3.63) is 33.1 Å². The molecule has 4 atom stereocenters. The van der Waals surface area contributed by atoms with E-state index in [1.807, 2.05) is 4.98 Å². The summed E-state index contributed by atoms with van der Waals surface area (Å²) in [5.41, 5.74) is -1.43. The Morgan fingerprint density at radius 1 is 1.20 bits per heavy atom. The number of nitrogens with zero attached hydrogens (tertiary/aromatic N) is 1. The van der Waals surface area contributed by atoms with E-state index in [1.54, 1.807) is 0 Å². The number of carbonyl (C=O) groups excluding carboxylic acids is 4. The van der Waals surface area contributed by atoms with Gasteiger partial charge in [0.05, 0.1) is 12.0 Å². The van der Waals surface area contributed by atoms with Crippen LogP contribution in [0, 0.1) is 11.8 Å². The second kappa shape index (κ2) is 7.42. The van der Waals surface area contributed by atoms with Gasteiger partial charge < -0.3 is 4.74 Å². The molecule has 1 aliphatic heterocycles. The Morgan fingerprint density at radius 3 is 2.36 bits per heavy atom. The van der Waals surface area contributed by atoms with Crippen LogP contribution in [0.2, 0.25) is 0 Å². The van der Waals surface area contributed by atoms with E-state index in [0.717, 1.165) is 16.8 Å². The molecule has 1 aromatic rings. The molecule has 134 valence electrons. The average Bonchev–Trinajstić information content (AvgIpc) is 2.82. The number of ketones is 2. The van der Waals surface area contributed by atoms with Crippen molar-refractivity contribution >= 4 is 45.3 Å². The van der Waals surface area contributed by atoms with Crippen molar-refractivity contribution in [2.45, 2.75) is 25.7 Å². The van der Waals surface area contributed by atoms with Gasteiger partial charge in [0.2, 0.25) is 11.6 Å². The Balaban J connectivity index is 2.41. The molecule has 0 aliphatic carbocycles. The van der Waals surface area contributed by atoms with Gasteiger partial charge >= 0.3 is 5.69 Å². The van der Waals surface area contributed by atoms with E-state index in [1.165, 1.54) is 6.92 Å². The maximum atomic E-state index is 12.1. The number of hydrogen-bond acceptors (Lipinski definition) is 7. The fraction of sp³-hybridized carbons (Fsp3) is 0.429. The molecule has 0 saturated carbocycles. The van der Waals surface area contributed by atoms with E-state index in [-0.39, 0.29) is 0 Å². The second-order valence-corrected chi connectivity index (χ2v) is 6.19. The molecule has 11 heteroatoms. The summed E-state index contributed by atoms with van der Waals surface area (Å²) in [6, 6.07) is 1.07. The molecule has 25 heavy (non-hydrogen) atoms. The highest BCUT2D eigenvalue weighted by Crippen LogP contribution is 2.40. The zero-order valence-electron chi connectivity index (χ0n) is 12.7. The van der Waals surface area contributed by atoms with Crippen molar-refractivity contribution in [1.82, 2.24) is 9.55 Å². The normalized spacial score (nSPS) is 25.6. The van der Waals surface area contributed by atoms with Gasteiger partial charge in [-0.25, -0.2) is 4.79 Å². The summed E-state index contributed by atoms with van der Waals surface area (Å²) in [4.78, 5) is 71.0. The van der Waals surface area contributed by atoms with Crippen LogP contribution in [0.25, 0.3) is 0 Å². The van der Waals surface area contributed by atoms with E-state index < -0.39 is 63.9 Å². The van der Waals surface area contributed by atoms with Gasteiger partial charge in [0, 0.05) is 24.6 Å². The molecule has 0 aromatic carbocycles. The second-order valence-electron chi connectivity index (χ2n) is 5.51. The predicted octanol–water partition coefficient (Wildman–Crippen LogP) is -0.255. The molecule has 2 heterocycles. The fourth-order valence-electron chi connectivity index (χ4n) is 2.83. The topological polar surface area (TPSA) is 132 Å². The molecule has 1 fully saturated rings. The van der Waals surface area contributed by atoms with Gasteiger partial charge in [0.15, 0.2) is 0 Å². The number of rotatable bonds is 6. The Morgan fingerprint density at radius 2 is 1.84 bits per heavy atom. The first-order valence-corrected chi connectivity index (χ1v) is 7.82. The zero-order valence-corrected chi connectivity index (χ0v) is 14.2. The van der Waals surface area contributed by atoms with E-state index in [4.69, 9.17) is 27.9 Å². The van der Waals surface area contributed by atoms with Gasteiger partial charge in [-0.05, 0) is 23.2 Å². The summed E-state index contributed by atoms with van der Waals surface area (Å²) in [5, 5.41) is -2.51. The van der Waals surface area contributed by atoms with Gasteiger partial charge in [0.1, 0.15) is 6.23 Å². The lowest BCUT2D eigenvalue weighted by molar-refractivity contribution is -0.138. The summed E-state index contributed by atoms with van der Waals surface area (Å²) in [6.45, 7) is 1.51. The van der Waals surface area contributed by atoms with Crippen LogP contribution >= 0.6 is 23.2 Å². The molecular weight excluding hydrogens is 379 g/mol. The van der Waals surface area contributed by atoms with Crippen molar-refractivity contribution in [1.29, 1.82) is 0 Å². The molecule has 0 amide bonds. The third-order valence-electron chi connectivity index (χ3n) is 3.96. The predicted molar refractivity (Wildman–Crippen MR) is 84.2 cm³/mol. The van der Waals surface area contributed by atoms with Gasteiger partial charge in [0.25, 0.3) is 16.0 Å². The number of aromatic nitrogens is 2. The van der Waals surface area contributed by atoms with Gasteiger partial charge in [-0.2, -0.15) is 0 Å². The largest absolute Gasteiger partial charge is 0.353 e. The first kappa shape index (κ1) is 19.2. The smallest absolute Gasteiger partial charge is 0.330 e. The lowest BCUT2D eigenvalue weighted by Crippen LogP contribution is -2.35. The Kier molecular flexibility index (Phi) is 5.71. The Hall–Kier alpha value is -2.10. The highest BCUT2D eigenvalue weighted by Gasteiger charge is 2.49. The zero-order chi connectivity index (χ0) is 18.9. The van der Waals surface area contributed by atoms with E-state index in [9.17, 15) is 28.8 Å². The maximum absolute atomic E-state index is 12.1. The van der Waals surface area contributed by atoms with Crippen molar-refractivity contribution < 1.29 is 23.9 Å². The van der Waals surface area contributed by atoms with Crippen molar-refractivity contribution in [3.63, 3.8) is 0 Å². The molecule has 1 aliphatic rings. The number of halogens is 2. The van der Waals surface area contributed by atoms with Crippen molar-refractivity contribution in [3.8, 4) is 0 Å². The van der Waals surface area contributed by atoms with Crippen LogP contribution in [0.1, 0.15) is 19.6 Å². The molecule has 1 N–H and O–H groups in total. The number of ether oxygens (including phenoxy) is 1. The standard InChI is InChI=1S/C14H12Cl2N2O7/c1-5-9(10(21)12(16)23)7(4-6(19)11(15)22)25-13(5)18-3-2-8(20)17-14(18)24/h2-3,5,7,9,13H,4H2,1H3,(H,17,20,24)/t5-,7+,9-,13+/m0/s1. The van der Waals surface area contributed by atoms with Crippen LogP contribution < -0.4 is 11.2 Å². The third kappa shape index (κ3) is 3.94. The van der Waals surface area contributed by atoms with Crippen LogP contribution in [0.3, 0.4) is 0 Å².